The lowest BCUT2D eigenvalue weighted by molar-refractivity contribution is 0.0935. The van der Waals surface area contributed by atoms with Crippen LogP contribution in [0.5, 0.6) is 0 Å². The minimum Gasteiger partial charge on any atom is -0.298 e. The molecule has 0 aromatic heterocycles. The van der Waals surface area contributed by atoms with Gasteiger partial charge in [-0.3, -0.25) is 19.9 Å². The van der Waals surface area contributed by atoms with Crippen LogP contribution in [-0.2, 0) is 13.1 Å². The topological polar surface area (TPSA) is 58.5 Å². The normalized spacial score (nSPS) is 17.6. The highest BCUT2D eigenvalue weighted by atomic mass is 16.1. The molecule has 3 aromatic rings. The van der Waals surface area contributed by atoms with Crippen LogP contribution in [-0.4, -0.2) is 23.3 Å². The van der Waals surface area contributed by atoms with Gasteiger partial charge in [-0.1, -0.05) is 84.9 Å². The molecule has 0 radical (unpaired) electrons. The third-order valence-corrected chi connectivity index (χ3v) is 4.83. The van der Waals surface area contributed by atoms with Crippen molar-refractivity contribution in [3.63, 3.8) is 0 Å². The van der Waals surface area contributed by atoms with Crippen LogP contribution in [0, 0.1) is 0 Å². The van der Waals surface area contributed by atoms with Crippen LogP contribution in [0.3, 0.4) is 0 Å². The standard InChI is InChI=1S/C24H20N2O2/c27-23-19-13-7-8-14-20(19)24(28)22(26-16-18-11-5-2-6-12-18)21(23)25-15-17-9-3-1-4-10-17/h1-14,21,25H,15-16H2/t21-/m1/s1. The molecule has 1 N–H and O–H groups in total. The number of nitrogens with zero attached hydrogens (tertiary/aromatic N) is 1. The number of fused-ring (bicyclic) bond motifs is 1. The van der Waals surface area contributed by atoms with E-state index in [0.29, 0.717) is 24.2 Å². The molecule has 0 saturated carbocycles. The number of Topliss-reactive ketones (excluding diaryl/α,β-unsaturated/α-hetero) is 2. The first-order valence-corrected chi connectivity index (χ1v) is 9.27. The van der Waals surface area contributed by atoms with Crippen LogP contribution in [0.15, 0.2) is 89.9 Å². The Labute approximate surface area is 163 Å². The van der Waals surface area contributed by atoms with Crippen molar-refractivity contribution < 1.29 is 9.59 Å². The third kappa shape index (κ3) is 3.68. The summed E-state index contributed by atoms with van der Waals surface area (Å²) in [6.45, 7) is 0.845. The van der Waals surface area contributed by atoms with Gasteiger partial charge in [-0.15, -0.1) is 0 Å². The lowest BCUT2D eigenvalue weighted by atomic mass is 9.84. The van der Waals surface area contributed by atoms with Crippen molar-refractivity contribution in [2.75, 3.05) is 0 Å². The zero-order valence-corrected chi connectivity index (χ0v) is 15.3. The molecule has 1 aliphatic carbocycles. The van der Waals surface area contributed by atoms with Crippen LogP contribution < -0.4 is 5.32 Å². The van der Waals surface area contributed by atoms with E-state index in [0.717, 1.165) is 11.1 Å². The molecule has 1 aliphatic rings. The Kier molecular flexibility index (Phi) is 5.22. The van der Waals surface area contributed by atoms with Gasteiger partial charge in [0.2, 0.25) is 5.78 Å². The predicted octanol–water partition coefficient (Wildman–Crippen LogP) is 3.87. The SMILES string of the molecule is O=C1C(=NCc2ccccc2)[C@@H](NCc2ccccc2)C(=O)c2ccccc21. The Morgan fingerprint density at radius 1 is 0.714 bits per heavy atom. The number of hydrogen-bond donors (Lipinski definition) is 1. The molecule has 0 spiro atoms. The summed E-state index contributed by atoms with van der Waals surface area (Å²) in [6, 6.07) is 25.7. The molecule has 138 valence electrons. The van der Waals surface area contributed by atoms with E-state index in [1.54, 1.807) is 24.3 Å². The molecular formula is C24H20N2O2. The Bertz CT molecular complexity index is 1030. The molecule has 0 unspecified atom stereocenters. The van der Waals surface area contributed by atoms with Gasteiger partial charge >= 0.3 is 0 Å². The molecule has 0 saturated heterocycles. The van der Waals surface area contributed by atoms with Crippen LogP contribution in [0.1, 0.15) is 31.8 Å². The van der Waals surface area contributed by atoms with Gasteiger partial charge in [0.15, 0.2) is 5.78 Å². The number of ketones is 2. The first-order chi connectivity index (χ1) is 13.7. The van der Waals surface area contributed by atoms with Crippen molar-refractivity contribution in [1.82, 2.24) is 5.32 Å². The molecule has 1 atom stereocenters. The van der Waals surface area contributed by atoms with E-state index in [1.807, 2.05) is 60.7 Å². The Morgan fingerprint density at radius 3 is 1.96 bits per heavy atom. The monoisotopic (exact) mass is 368 g/mol. The van der Waals surface area contributed by atoms with Crippen LogP contribution in [0.25, 0.3) is 0 Å². The summed E-state index contributed by atoms with van der Waals surface area (Å²) in [5.74, 6) is -0.297. The van der Waals surface area contributed by atoms with E-state index in [4.69, 9.17) is 0 Å². The molecule has 4 heteroatoms. The summed E-state index contributed by atoms with van der Waals surface area (Å²) in [5.41, 5.74) is 3.21. The second-order valence-corrected chi connectivity index (χ2v) is 6.73. The van der Waals surface area contributed by atoms with Gasteiger partial charge in [0.05, 0.1) is 6.54 Å². The number of carbonyl (C=O) groups is 2. The number of aliphatic imine (C=N–C) groups is 1. The minimum absolute atomic E-state index is 0.113. The van der Waals surface area contributed by atoms with E-state index < -0.39 is 6.04 Å². The van der Waals surface area contributed by atoms with E-state index in [9.17, 15) is 9.59 Å². The molecule has 0 bridgehead atoms. The zero-order valence-electron chi connectivity index (χ0n) is 15.3. The highest BCUT2D eigenvalue weighted by Crippen LogP contribution is 2.21. The van der Waals surface area contributed by atoms with Gasteiger partial charge < -0.3 is 0 Å². The van der Waals surface area contributed by atoms with Crippen LogP contribution in [0.2, 0.25) is 0 Å². The summed E-state index contributed by atoms with van der Waals surface area (Å²) in [7, 11) is 0. The first-order valence-electron chi connectivity index (χ1n) is 9.27. The quantitative estimate of drug-likeness (QED) is 0.744. The summed E-state index contributed by atoms with van der Waals surface area (Å²) < 4.78 is 0. The van der Waals surface area contributed by atoms with Crippen molar-refractivity contribution >= 4 is 17.3 Å². The first kappa shape index (κ1) is 18.0. The van der Waals surface area contributed by atoms with Crippen molar-refractivity contribution in [3.8, 4) is 0 Å². The summed E-state index contributed by atoms with van der Waals surface area (Å²) in [6.07, 6.45) is 0. The Hall–Kier alpha value is -3.37. The predicted molar refractivity (Wildman–Crippen MR) is 110 cm³/mol. The van der Waals surface area contributed by atoms with Crippen molar-refractivity contribution in [1.29, 1.82) is 0 Å². The number of rotatable bonds is 5. The van der Waals surface area contributed by atoms with Crippen molar-refractivity contribution in [3.05, 3.63) is 107 Å². The lowest BCUT2D eigenvalue weighted by Gasteiger charge is -2.25. The molecule has 4 nitrogen and oxygen atoms in total. The largest absolute Gasteiger partial charge is 0.298 e. The molecule has 3 aromatic carbocycles. The minimum atomic E-state index is -0.744. The lowest BCUT2D eigenvalue weighted by Crippen LogP contribution is -2.50. The maximum Gasteiger partial charge on any atom is 0.209 e. The molecular weight excluding hydrogens is 348 g/mol. The van der Waals surface area contributed by atoms with E-state index in [2.05, 4.69) is 10.3 Å². The summed E-state index contributed by atoms with van der Waals surface area (Å²) in [4.78, 5) is 30.8. The van der Waals surface area contributed by atoms with Gasteiger partial charge in [-0.25, -0.2) is 0 Å². The average Bonchev–Trinajstić information content (AvgIpc) is 2.76. The maximum atomic E-state index is 13.1. The fourth-order valence-corrected chi connectivity index (χ4v) is 3.37. The molecule has 0 heterocycles. The summed E-state index contributed by atoms with van der Waals surface area (Å²) in [5, 5.41) is 3.24. The van der Waals surface area contributed by atoms with Crippen molar-refractivity contribution in [2.45, 2.75) is 19.1 Å². The fourth-order valence-electron chi connectivity index (χ4n) is 3.37. The number of hydrogen-bond acceptors (Lipinski definition) is 4. The van der Waals surface area contributed by atoms with Crippen LogP contribution in [0.4, 0.5) is 0 Å². The second kappa shape index (κ2) is 8.11. The molecule has 28 heavy (non-hydrogen) atoms. The Morgan fingerprint density at radius 2 is 1.29 bits per heavy atom. The molecule has 4 rings (SSSR count). The van der Waals surface area contributed by atoms with Gasteiger partial charge in [0.1, 0.15) is 11.8 Å². The number of benzene rings is 3. The molecule has 0 amide bonds. The van der Waals surface area contributed by atoms with Crippen LogP contribution >= 0.6 is 0 Å². The van der Waals surface area contributed by atoms with Gasteiger partial charge in [-0.05, 0) is 11.1 Å². The highest BCUT2D eigenvalue weighted by molar-refractivity contribution is 6.55. The highest BCUT2D eigenvalue weighted by Gasteiger charge is 2.37. The fraction of sp³-hybridized carbons (Fsp3) is 0.125. The summed E-state index contributed by atoms with van der Waals surface area (Å²) >= 11 is 0. The van der Waals surface area contributed by atoms with E-state index in [1.165, 1.54) is 0 Å². The Balaban J connectivity index is 1.66. The van der Waals surface area contributed by atoms with Gasteiger partial charge in [0, 0.05) is 17.7 Å². The third-order valence-electron chi connectivity index (χ3n) is 4.83. The second-order valence-electron chi connectivity index (χ2n) is 6.73. The number of nitrogens with one attached hydrogen (secondary N) is 1. The van der Waals surface area contributed by atoms with E-state index in [-0.39, 0.29) is 17.3 Å². The molecule has 0 aliphatic heterocycles. The van der Waals surface area contributed by atoms with E-state index >= 15 is 0 Å². The van der Waals surface area contributed by atoms with Crippen molar-refractivity contribution in [2.24, 2.45) is 4.99 Å². The molecule has 0 fully saturated rings. The van der Waals surface area contributed by atoms with Gasteiger partial charge in [0.25, 0.3) is 0 Å². The maximum absolute atomic E-state index is 13.1. The zero-order chi connectivity index (χ0) is 19.3. The average molecular weight is 368 g/mol. The van der Waals surface area contributed by atoms with Gasteiger partial charge in [-0.2, -0.15) is 0 Å². The number of carbonyl (C=O) groups excluding carboxylic acids is 2. The smallest absolute Gasteiger partial charge is 0.209 e.